The van der Waals surface area contributed by atoms with Gasteiger partial charge in [-0.15, -0.1) is 0 Å². The predicted octanol–water partition coefficient (Wildman–Crippen LogP) is 3.06. The molecule has 1 aromatic carbocycles. The van der Waals surface area contributed by atoms with E-state index in [0.717, 1.165) is 0 Å². The summed E-state index contributed by atoms with van der Waals surface area (Å²) in [4.78, 5) is 34.2. The van der Waals surface area contributed by atoms with Crippen molar-refractivity contribution in [2.75, 3.05) is 18.5 Å². The van der Waals surface area contributed by atoms with Crippen LogP contribution in [0, 0.1) is 0 Å². The van der Waals surface area contributed by atoms with Crippen LogP contribution in [0.4, 0.5) is 5.69 Å². The van der Waals surface area contributed by atoms with E-state index in [9.17, 15) is 14.4 Å². The van der Waals surface area contributed by atoms with Gasteiger partial charge < -0.3 is 14.8 Å². The molecule has 120 valence electrons. The monoisotopic (exact) mass is 347 g/mol. The summed E-state index contributed by atoms with van der Waals surface area (Å²) < 4.78 is 9.66. The number of halogens is 2. The Morgan fingerprint density at radius 2 is 1.86 bits per heavy atom. The second kappa shape index (κ2) is 8.60. The van der Waals surface area contributed by atoms with Crippen LogP contribution in [0.25, 0.3) is 0 Å². The van der Waals surface area contributed by atoms with Gasteiger partial charge in [-0.05, 0) is 19.1 Å². The molecule has 0 fully saturated rings. The quantitative estimate of drug-likeness (QED) is 0.799. The van der Waals surface area contributed by atoms with Crippen molar-refractivity contribution in [3.05, 3.63) is 27.7 Å². The molecule has 0 spiro atoms. The smallest absolute Gasteiger partial charge is 0.339 e. The van der Waals surface area contributed by atoms with Gasteiger partial charge in [0.25, 0.3) is 0 Å². The van der Waals surface area contributed by atoms with E-state index < -0.39 is 11.9 Å². The number of hydrogen-bond donors (Lipinski definition) is 1. The molecular weight excluding hydrogens is 333 g/mol. The standard InChI is InChI=1S/C14H15Cl2NO5/c1-3-21-12(19)4-5-22-14(20)10-6-9(15)7-11(13(10)16)17-8(2)18/h6-7H,3-5H2,1-2H3,(H,17,18). The van der Waals surface area contributed by atoms with Crippen LogP contribution in [-0.2, 0) is 19.1 Å². The van der Waals surface area contributed by atoms with Gasteiger partial charge >= 0.3 is 11.9 Å². The van der Waals surface area contributed by atoms with Gasteiger partial charge in [0.1, 0.15) is 6.61 Å². The Labute approximate surface area is 137 Å². The third kappa shape index (κ3) is 5.54. The largest absolute Gasteiger partial charge is 0.466 e. The van der Waals surface area contributed by atoms with Crippen molar-refractivity contribution in [1.29, 1.82) is 0 Å². The van der Waals surface area contributed by atoms with Crippen molar-refractivity contribution in [2.24, 2.45) is 0 Å². The maximum Gasteiger partial charge on any atom is 0.339 e. The fraction of sp³-hybridized carbons (Fsp3) is 0.357. The summed E-state index contributed by atoms with van der Waals surface area (Å²) in [7, 11) is 0. The topological polar surface area (TPSA) is 81.7 Å². The first-order valence-electron chi connectivity index (χ1n) is 6.44. The molecule has 8 heteroatoms. The van der Waals surface area contributed by atoms with Crippen molar-refractivity contribution in [3.8, 4) is 0 Å². The van der Waals surface area contributed by atoms with Crippen molar-refractivity contribution in [3.63, 3.8) is 0 Å². The molecule has 1 N–H and O–H groups in total. The van der Waals surface area contributed by atoms with E-state index in [2.05, 4.69) is 5.32 Å². The van der Waals surface area contributed by atoms with Crippen LogP contribution in [0.3, 0.4) is 0 Å². The number of rotatable bonds is 6. The van der Waals surface area contributed by atoms with Gasteiger partial charge in [-0.2, -0.15) is 0 Å². The van der Waals surface area contributed by atoms with Crippen LogP contribution in [0.15, 0.2) is 12.1 Å². The lowest BCUT2D eigenvalue weighted by Gasteiger charge is -2.11. The molecule has 0 aromatic heterocycles. The van der Waals surface area contributed by atoms with E-state index in [-0.39, 0.29) is 46.8 Å². The maximum atomic E-state index is 12.0. The molecule has 22 heavy (non-hydrogen) atoms. The Bertz CT molecular complexity index is 589. The summed E-state index contributed by atoms with van der Waals surface area (Å²) in [5.74, 6) is -1.57. The van der Waals surface area contributed by atoms with E-state index in [1.165, 1.54) is 19.1 Å². The molecule has 0 aliphatic rings. The first-order valence-corrected chi connectivity index (χ1v) is 7.20. The average Bonchev–Trinajstić information content (AvgIpc) is 2.42. The average molecular weight is 348 g/mol. The summed E-state index contributed by atoms with van der Waals surface area (Å²) in [5, 5.41) is 2.69. The summed E-state index contributed by atoms with van der Waals surface area (Å²) in [6.45, 7) is 3.09. The lowest BCUT2D eigenvalue weighted by atomic mass is 10.2. The molecule has 0 radical (unpaired) electrons. The van der Waals surface area contributed by atoms with E-state index in [1.54, 1.807) is 6.92 Å². The number of nitrogens with one attached hydrogen (secondary N) is 1. The zero-order chi connectivity index (χ0) is 16.7. The van der Waals surface area contributed by atoms with E-state index >= 15 is 0 Å². The maximum absolute atomic E-state index is 12.0. The second-order valence-corrected chi connectivity index (χ2v) is 5.00. The highest BCUT2D eigenvalue weighted by molar-refractivity contribution is 6.38. The number of amides is 1. The summed E-state index contributed by atoms with van der Waals surface area (Å²) in [6.07, 6.45) is -0.0592. The van der Waals surface area contributed by atoms with Crippen molar-refractivity contribution in [1.82, 2.24) is 0 Å². The molecule has 1 amide bonds. The van der Waals surface area contributed by atoms with E-state index in [0.29, 0.717) is 0 Å². The first-order chi connectivity index (χ1) is 10.3. The Morgan fingerprint density at radius 3 is 2.45 bits per heavy atom. The molecule has 0 atom stereocenters. The molecule has 1 aromatic rings. The van der Waals surface area contributed by atoms with E-state index in [4.69, 9.17) is 32.7 Å². The number of benzene rings is 1. The summed E-state index contributed by atoms with van der Waals surface area (Å²) in [6, 6.07) is 2.74. The van der Waals surface area contributed by atoms with Crippen LogP contribution >= 0.6 is 23.2 Å². The van der Waals surface area contributed by atoms with Gasteiger partial charge in [-0.25, -0.2) is 4.79 Å². The predicted molar refractivity (Wildman–Crippen MR) is 82.3 cm³/mol. The van der Waals surface area contributed by atoms with Crippen LogP contribution in [0.1, 0.15) is 30.6 Å². The summed E-state index contributed by atoms with van der Waals surface area (Å²) in [5.41, 5.74) is 0.209. The van der Waals surface area contributed by atoms with Crippen molar-refractivity contribution >= 4 is 46.7 Å². The zero-order valence-electron chi connectivity index (χ0n) is 12.1. The first kappa shape index (κ1) is 18.3. The lowest BCUT2D eigenvalue weighted by molar-refractivity contribution is -0.143. The molecule has 1 rings (SSSR count). The Balaban J connectivity index is 2.78. The molecule has 0 bridgehead atoms. The van der Waals surface area contributed by atoms with Crippen molar-refractivity contribution < 1.29 is 23.9 Å². The summed E-state index contributed by atoms with van der Waals surface area (Å²) >= 11 is 11.9. The highest BCUT2D eigenvalue weighted by atomic mass is 35.5. The fourth-order valence-electron chi connectivity index (χ4n) is 1.56. The minimum Gasteiger partial charge on any atom is -0.466 e. The molecular formula is C14H15Cl2NO5. The number of esters is 2. The number of carbonyl (C=O) groups excluding carboxylic acids is 3. The molecule has 0 saturated heterocycles. The lowest BCUT2D eigenvalue weighted by Crippen LogP contribution is -2.13. The molecule has 0 aliphatic heterocycles. The molecule has 0 unspecified atom stereocenters. The van der Waals surface area contributed by atoms with Gasteiger partial charge in [-0.3, -0.25) is 9.59 Å². The number of carbonyl (C=O) groups is 3. The van der Waals surface area contributed by atoms with Gasteiger partial charge in [0.2, 0.25) is 5.91 Å². The van der Waals surface area contributed by atoms with Crippen molar-refractivity contribution in [2.45, 2.75) is 20.3 Å². The minimum atomic E-state index is -0.747. The third-order valence-corrected chi connectivity index (χ3v) is 3.04. The molecule has 0 saturated carbocycles. The van der Waals surface area contributed by atoms with Crippen LogP contribution in [0.2, 0.25) is 10.0 Å². The Morgan fingerprint density at radius 1 is 1.18 bits per heavy atom. The highest BCUT2D eigenvalue weighted by Crippen LogP contribution is 2.30. The Kier molecular flexibility index (Phi) is 7.14. The zero-order valence-corrected chi connectivity index (χ0v) is 13.6. The normalized spacial score (nSPS) is 10.0. The molecule has 6 nitrogen and oxygen atoms in total. The SMILES string of the molecule is CCOC(=O)CCOC(=O)c1cc(Cl)cc(NC(C)=O)c1Cl. The van der Waals surface area contributed by atoms with Gasteiger partial charge in [0.15, 0.2) is 0 Å². The van der Waals surface area contributed by atoms with Crippen LogP contribution in [-0.4, -0.2) is 31.1 Å². The van der Waals surface area contributed by atoms with Crippen LogP contribution < -0.4 is 5.32 Å². The van der Waals surface area contributed by atoms with Gasteiger partial charge in [0.05, 0.1) is 29.3 Å². The van der Waals surface area contributed by atoms with Gasteiger partial charge in [0, 0.05) is 11.9 Å². The van der Waals surface area contributed by atoms with E-state index in [1.807, 2.05) is 0 Å². The fourth-order valence-corrected chi connectivity index (χ4v) is 2.01. The number of ether oxygens (including phenoxy) is 2. The Hall–Kier alpha value is -1.79. The second-order valence-electron chi connectivity index (χ2n) is 4.19. The number of anilines is 1. The van der Waals surface area contributed by atoms with Crippen LogP contribution in [0.5, 0.6) is 0 Å². The molecule has 0 aliphatic carbocycles. The number of hydrogen-bond acceptors (Lipinski definition) is 5. The minimum absolute atomic E-state index is 0.00164. The third-order valence-electron chi connectivity index (χ3n) is 2.41. The van der Waals surface area contributed by atoms with Gasteiger partial charge in [-0.1, -0.05) is 23.2 Å². The molecule has 0 heterocycles. The highest BCUT2D eigenvalue weighted by Gasteiger charge is 2.17.